The molecule has 2 rings (SSSR count). The average molecular weight is 205 g/mol. The largest absolute Gasteiger partial charge is 0.490 e. The first kappa shape index (κ1) is 10.2. The third-order valence-electron chi connectivity index (χ3n) is 2.68. The predicted octanol–water partition coefficient (Wildman–Crippen LogP) is -0.725. The highest BCUT2D eigenvalue weighted by Gasteiger charge is 2.28. The molecule has 1 amide bonds. The van der Waals surface area contributed by atoms with Crippen molar-refractivity contribution in [1.82, 2.24) is 0 Å². The number of carbonyl (C=O) groups excluding carboxylic acids is 1. The first-order valence-electron chi connectivity index (χ1n) is 4.87. The van der Waals surface area contributed by atoms with Crippen LogP contribution in [-0.4, -0.2) is 29.6 Å². The van der Waals surface area contributed by atoms with Gasteiger partial charge in [0, 0.05) is 24.6 Å². The minimum atomic E-state index is -1.53. The summed E-state index contributed by atoms with van der Waals surface area (Å²) < 4.78 is 0. The lowest BCUT2D eigenvalue weighted by Crippen LogP contribution is -2.37. The van der Waals surface area contributed by atoms with Crippen LogP contribution in [0.4, 0.5) is 5.69 Å². The van der Waals surface area contributed by atoms with E-state index in [0.29, 0.717) is 17.7 Å². The van der Waals surface area contributed by atoms with Crippen molar-refractivity contribution in [2.24, 2.45) is 0 Å². The summed E-state index contributed by atoms with van der Waals surface area (Å²) in [5, 5.41) is 18.4. The van der Waals surface area contributed by atoms with Crippen LogP contribution in [0.5, 0.6) is 0 Å². The number of carbonyl (C=O) groups is 1. The van der Waals surface area contributed by atoms with E-state index in [1.165, 1.54) is 6.92 Å². The van der Waals surface area contributed by atoms with Gasteiger partial charge in [0.15, 0.2) is 0 Å². The Morgan fingerprint density at radius 2 is 2.20 bits per heavy atom. The van der Waals surface area contributed by atoms with Crippen LogP contribution in [0.25, 0.3) is 0 Å². The molecule has 0 bridgehead atoms. The standard InChI is InChI=1S/C10H12BNO3/c1-7(13)12-6-5-8-3-2-4-9(10(8)12)11(14)15/h2-4,14-15H,5-6H2,1H3. The third-order valence-corrected chi connectivity index (χ3v) is 2.68. The molecule has 0 fully saturated rings. The van der Waals surface area contributed by atoms with Crippen LogP contribution in [-0.2, 0) is 11.2 Å². The molecule has 0 spiro atoms. The molecule has 2 N–H and O–H groups in total. The van der Waals surface area contributed by atoms with Crippen molar-refractivity contribution in [3.8, 4) is 0 Å². The number of hydrogen-bond donors (Lipinski definition) is 2. The molecule has 5 heteroatoms. The molecule has 1 aromatic carbocycles. The Labute approximate surface area is 88.3 Å². The zero-order valence-corrected chi connectivity index (χ0v) is 8.47. The van der Waals surface area contributed by atoms with Gasteiger partial charge in [0.05, 0.1) is 0 Å². The molecule has 0 aromatic heterocycles. The fourth-order valence-corrected chi connectivity index (χ4v) is 2.01. The predicted molar refractivity (Wildman–Crippen MR) is 58.0 cm³/mol. The topological polar surface area (TPSA) is 60.8 Å². The van der Waals surface area contributed by atoms with Gasteiger partial charge in [-0.15, -0.1) is 0 Å². The van der Waals surface area contributed by atoms with E-state index in [2.05, 4.69) is 0 Å². The van der Waals surface area contributed by atoms with Crippen molar-refractivity contribution in [3.63, 3.8) is 0 Å². The summed E-state index contributed by atoms with van der Waals surface area (Å²) in [7, 11) is -1.53. The highest BCUT2D eigenvalue weighted by atomic mass is 16.4. The van der Waals surface area contributed by atoms with Crippen molar-refractivity contribution in [2.75, 3.05) is 11.4 Å². The van der Waals surface area contributed by atoms with E-state index in [-0.39, 0.29) is 5.91 Å². The SMILES string of the molecule is CC(=O)N1CCc2cccc(B(O)O)c21. The van der Waals surface area contributed by atoms with Crippen molar-refractivity contribution in [1.29, 1.82) is 0 Å². The smallest absolute Gasteiger partial charge is 0.423 e. The van der Waals surface area contributed by atoms with Crippen LogP contribution < -0.4 is 10.4 Å². The number of rotatable bonds is 1. The molecule has 0 radical (unpaired) electrons. The van der Waals surface area contributed by atoms with E-state index >= 15 is 0 Å². The Bertz CT molecular complexity index is 406. The van der Waals surface area contributed by atoms with Crippen LogP contribution >= 0.6 is 0 Å². The van der Waals surface area contributed by atoms with Gasteiger partial charge in [0.2, 0.25) is 5.91 Å². The lowest BCUT2D eigenvalue weighted by molar-refractivity contribution is -0.116. The number of anilines is 1. The number of fused-ring (bicyclic) bond motifs is 1. The second kappa shape index (κ2) is 3.68. The second-order valence-corrected chi connectivity index (χ2v) is 3.65. The molecule has 0 saturated heterocycles. The Morgan fingerprint density at radius 3 is 2.80 bits per heavy atom. The molecular formula is C10H12BNO3. The maximum Gasteiger partial charge on any atom is 0.490 e. The minimum absolute atomic E-state index is 0.0677. The van der Waals surface area contributed by atoms with Gasteiger partial charge in [-0.05, 0) is 12.0 Å². The number of nitrogens with zero attached hydrogens (tertiary/aromatic N) is 1. The van der Waals surface area contributed by atoms with Crippen LogP contribution in [0.2, 0.25) is 0 Å². The van der Waals surface area contributed by atoms with Gasteiger partial charge in [0.1, 0.15) is 0 Å². The summed E-state index contributed by atoms with van der Waals surface area (Å²) in [6, 6.07) is 5.31. The Hall–Kier alpha value is -1.33. The Kier molecular flexibility index (Phi) is 2.50. The highest BCUT2D eigenvalue weighted by molar-refractivity contribution is 6.61. The van der Waals surface area contributed by atoms with Crippen molar-refractivity contribution in [3.05, 3.63) is 23.8 Å². The van der Waals surface area contributed by atoms with Crippen molar-refractivity contribution < 1.29 is 14.8 Å². The maximum absolute atomic E-state index is 11.3. The number of para-hydroxylation sites is 1. The van der Waals surface area contributed by atoms with E-state index < -0.39 is 7.12 Å². The number of benzene rings is 1. The van der Waals surface area contributed by atoms with Crippen molar-refractivity contribution >= 4 is 24.2 Å². The molecule has 78 valence electrons. The van der Waals surface area contributed by atoms with E-state index in [9.17, 15) is 14.8 Å². The fraction of sp³-hybridized carbons (Fsp3) is 0.300. The third kappa shape index (κ3) is 1.64. The molecule has 15 heavy (non-hydrogen) atoms. The normalized spacial score (nSPS) is 13.9. The molecule has 4 nitrogen and oxygen atoms in total. The van der Waals surface area contributed by atoms with E-state index in [1.54, 1.807) is 17.0 Å². The molecule has 0 aliphatic carbocycles. The molecule has 0 unspecified atom stereocenters. The second-order valence-electron chi connectivity index (χ2n) is 3.65. The molecule has 1 heterocycles. The Balaban J connectivity index is 2.53. The van der Waals surface area contributed by atoms with Gasteiger partial charge in [-0.1, -0.05) is 18.2 Å². The van der Waals surface area contributed by atoms with E-state index in [4.69, 9.17) is 0 Å². The summed E-state index contributed by atoms with van der Waals surface area (Å²) in [5.74, 6) is -0.0677. The summed E-state index contributed by atoms with van der Waals surface area (Å²) in [6.07, 6.45) is 0.773. The van der Waals surface area contributed by atoms with Gasteiger partial charge in [-0.2, -0.15) is 0 Å². The van der Waals surface area contributed by atoms with Crippen LogP contribution in [0.3, 0.4) is 0 Å². The number of amides is 1. The van der Waals surface area contributed by atoms with Gasteiger partial charge in [-0.3, -0.25) is 4.79 Å². The summed E-state index contributed by atoms with van der Waals surface area (Å²) in [4.78, 5) is 12.9. The van der Waals surface area contributed by atoms with Crippen molar-refractivity contribution in [2.45, 2.75) is 13.3 Å². The minimum Gasteiger partial charge on any atom is -0.423 e. The molecular weight excluding hydrogens is 193 g/mol. The molecule has 1 aromatic rings. The first-order valence-corrected chi connectivity index (χ1v) is 4.87. The molecule has 0 atom stereocenters. The molecule has 0 saturated carbocycles. The number of hydrogen-bond acceptors (Lipinski definition) is 3. The fourth-order valence-electron chi connectivity index (χ4n) is 2.01. The lowest BCUT2D eigenvalue weighted by Gasteiger charge is -2.18. The van der Waals surface area contributed by atoms with Gasteiger partial charge in [-0.25, -0.2) is 0 Å². The Morgan fingerprint density at radius 1 is 1.47 bits per heavy atom. The average Bonchev–Trinajstić information content (AvgIpc) is 2.60. The zero-order chi connectivity index (χ0) is 11.0. The van der Waals surface area contributed by atoms with Crippen LogP contribution in [0, 0.1) is 0 Å². The van der Waals surface area contributed by atoms with E-state index in [0.717, 1.165) is 12.0 Å². The van der Waals surface area contributed by atoms with Crippen LogP contribution in [0.15, 0.2) is 18.2 Å². The lowest BCUT2D eigenvalue weighted by atomic mass is 9.78. The quantitative estimate of drug-likeness (QED) is 0.594. The van der Waals surface area contributed by atoms with Gasteiger partial charge >= 0.3 is 7.12 Å². The zero-order valence-electron chi connectivity index (χ0n) is 8.47. The summed E-state index contributed by atoms with van der Waals surface area (Å²) in [6.45, 7) is 2.10. The summed E-state index contributed by atoms with van der Waals surface area (Å²) in [5.41, 5.74) is 2.07. The van der Waals surface area contributed by atoms with E-state index in [1.807, 2.05) is 6.07 Å². The highest BCUT2D eigenvalue weighted by Crippen LogP contribution is 2.25. The molecule has 1 aliphatic rings. The molecule has 1 aliphatic heterocycles. The van der Waals surface area contributed by atoms with Gasteiger partial charge in [0.25, 0.3) is 0 Å². The maximum atomic E-state index is 11.3. The van der Waals surface area contributed by atoms with Gasteiger partial charge < -0.3 is 14.9 Å². The monoisotopic (exact) mass is 205 g/mol. The van der Waals surface area contributed by atoms with Crippen LogP contribution in [0.1, 0.15) is 12.5 Å². The first-order chi connectivity index (χ1) is 7.11. The summed E-state index contributed by atoms with van der Waals surface area (Å²) >= 11 is 0.